The van der Waals surface area contributed by atoms with Gasteiger partial charge in [-0.25, -0.2) is 9.97 Å². The summed E-state index contributed by atoms with van der Waals surface area (Å²) in [5.41, 5.74) is 2.00. The molecule has 1 N–H and O–H groups in total. The van der Waals surface area contributed by atoms with E-state index in [1.807, 2.05) is 24.4 Å². The van der Waals surface area contributed by atoms with Crippen LogP contribution in [-0.2, 0) is 9.47 Å². The van der Waals surface area contributed by atoms with Crippen molar-refractivity contribution in [2.45, 2.75) is 6.92 Å². The van der Waals surface area contributed by atoms with Crippen LogP contribution >= 0.6 is 11.3 Å². The maximum Gasteiger partial charge on any atom is 0.188 e. The number of hydrogen-bond donors (Lipinski definition) is 1. The summed E-state index contributed by atoms with van der Waals surface area (Å²) in [6.07, 6.45) is 3.31. The van der Waals surface area contributed by atoms with Crippen molar-refractivity contribution in [3.8, 4) is 23.2 Å². The minimum absolute atomic E-state index is 0.475. The first-order chi connectivity index (χ1) is 14.3. The van der Waals surface area contributed by atoms with Crippen LogP contribution in [0.2, 0.25) is 0 Å². The number of nitrogens with zero attached hydrogens (tertiary/aromatic N) is 4. The first-order valence-electron chi connectivity index (χ1n) is 9.12. The molecular formula is C20H21N5O3S. The number of anilines is 2. The Bertz CT molecular complexity index is 924. The van der Waals surface area contributed by atoms with Crippen LogP contribution in [0.4, 0.5) is 10.9 Å². The van der Waals surface area contributed by atoms with Crippen molar-refractivity contribution in [3.05, 3.63) is 47.6 Å². The minimum atomic E-state index is 0.475. The second-order valence-corrected chi connectivity index (χ2v) is 6.57. The molecule has 0 saturated carbocycles. The molecule has 0 aliphatic carbocycles. The quantitative estimate of drug-likeness (QED) is 0.679. The topological polar surface area (TPSA) is 102 Å². The van der Waals surface area contributed by atoms with E-state index in [1.165, 1.54) is 11.3 Å². The highest BCUT2D eigenvalue weighted by Gasteiger charge is 2.09. The zero-order valence-electron chi connectivity index (χ0n) is 16.0. The highest BCUT2D eigenvalue weighted by Crippen LogP contribution is 2.27. The number of ether oxygens (including phenoxy) is 3. The van der Waals surface area contributed by atoms with Gasteiger partial charge in [-0.1, -0.05) is 0 Å². The van der Waals surface area contributed by atoms with Crippen LogP contribution in [0.5, 0.6) is 5.75 Å². The van der Waals surface area contributed by atoms with Gasteiger partial charge in [-0.15, -0.1) is 11.3 Å². The Morgan fingerprint density at radius 1 is 1.14 bits per heavy atom. The van der Waals surface area contributed by atoms with Gasteiger partial charge in [-0.2, -0.15) is 5.26 Å². The zero-order valence-corrected chi connectivity index (χ0v) is 16.8. The number of nitrogens with one attached hydrogen (secondary N) is 1. The Labute approximate surface area is 173 Å². The fourth-order valence-corrected chi connectivity index (χ4v) is 3.07. The molecule has 4 rings (SSSR count). The Morgan fingerprint density at radius 3 is 2.55 bits per heavy atom. The van der Waals surface area contributed by atoms with Gasteiger partial charge in [0, 0.05) is 11.6 Å². The first kappa shape index (κ1) is 20.7. The molecule has 3 aromatic heterocycles. The fourth-order valence-electron chi connectivity index (χ4n) is 2.37. The molecule has 0 unspecified atom stereocenters. The summed E-state index contributed by atoms with van der Waals surface area (Å²) in [5.74, 6) is 1.23. The largest absolute Gasteiger partial charge is 0.492 e. The van der Waals surface area contributed by atoms with Gasteiger partial charge >= 0.3 is 0 Å². The summed E-state index contributed by atoms with van der Waals surface area (Å²) in [5, 5.41) is 14.7. The molecular weight excluding hydrogens is 390 g/mol. The Morgan fingerprint density at radius 2 is 1.93 bits per heavy atom. The van der Waals surface area contributed by atoms with E-state index in [9.17, 15) is 0 Å². The van der Waals surface area contributed by atoms with Crippen molar-refractivity contribution < 1.29 is 14.2 Å². The van der Waals surface area contributed by atoms with E-state index in [0.29, 0.717) is 23.1 Å². The Hall–Kier alpha value is -3.06. The van der Waals surface area contributed by atoms with Crippen LogP contribution in [0.25, 0.3) is 11.4 Å². The number of nitriles is 1. The molecule has 150 valence electrons. The average molecular weight is 411 g/mol. The van der Waals surface area contributed by atoms with E-state index in [1.54, 1.807) is 24.5 Å². The van der Waals surface area contributed by atoms with Crippen LogP contribution in [0.15, 0.2) is 42.0 Å². The summed E-state index contributed by atoms with van der Waals surface area (Å²) < 4.78 is 15.3. The smallest absolute Gasteiger partial charge is 0.188 e. The maximum absolute atomic E-state index is 9.08. The van der Waals surface area contributed by atoms with Gasteiger partial charge in [-0.05, 0) is 31.2 Å². The molecule has 1 aliphatic rings. The van der Waals surface area contributed by atoms with Gasteiger partial charge in [0.2, 0.25) is 0 Å². The monoisotopic (exact) mass is 411 g/mol. The van der Waals surface area contributed by atoms with E-state index in [0.717, 1.165) is 43.6 Å². The van der Waals surface area contributed by atoms with E-state index in [4.69, 9.17) is 19.5 Å². The van der Waals surface area contributed by atoms with Crippen LogP contribution in [0.1, 0.15) is 12.5 Å². The van der Waals surface area contributed by atoms with Crippen molar-refractivity contribution >= 4 is 22.3 Å². The third kappa shape index (κ3) is 6.22. The van der Waals surface area contributed by atoms with E-state index < -0.39 is 0 Å². The molecule has 0 spiro atoms. The summed E-state index contributed by atoms with van der Waals surface area (Å²) in [6, 6.07) is 9.26. The van der Waals surface area contributed by atoms with Gasteiger partial charge in [0.25, 0.3) is 0 Å². The minimum Gasteiger partial charge on any atom is -0.492 e. The van der Waals surface area contributed by atoms with E-state index in [2.05, 4.69) is 26.3 Å². The molecule has 0 radical (unpaired) electrons. The average Bonchev–Trinajstić information content (AvgIpc) is 3.25. The summed E-state index contributed by atoms with van der Waals surface area (Å²) in [6.45, 7) is 5.65. The summed E-state index contributed by atoms with van der Waals surface area (Å²) >= 11 is 1.43. The molecule has 8 nitrogen and oxygen atoms in total. The van der Waals surface area contributed by atoms with Gasteiger partial charge in [0.1, 0.15) is 23.3 Å². The van der Waals surface area contributed by atoms with Crippen molar-refractivity contribution in [2.24, 2.45) is 0 Å². The number of thiazole rings is 1. The molecule has 3 aromatic rings. The molecule has 0 aromatic carbocycles. The number of aromatic nitrogens is 3. The van der Waals surface area contributed by atoms with Crippen LogP contribution in [0.3, 0.4) is 0 Å². The molecule has 4 heterocycles. The maximum atomic E-state index is 9.08. The second kappa shape index (κ2) is 11.1. The van der Waals surface area contributed by atoms with Crippen LogP contribution in [-0.4, -0.2) is 48.0 Å². The highest BCUT2D eigenvalue weighted by molar-refractivity contribution is 7.14. The lowest BCUT2D eigenvalue weighted by atomic mass is 10.3. The molecule has 1 aliphatic heterocycles. The zero-order chi connectivity index (χ0) is 20.3. The predicted molar refractivity (Wildman–Crippen MR) is 110 cm³/mol. The third-order valence-electron chi connectivity index (χ3n) is 3.71. The van der Waals surface area contributed by atoms with Gasteiger partial charge in [0.15, 0.2) is 5.13 Å². The van der Waals surface area contributed by atoms with Gasteiger partial charge in [-0.3, -0.25) is 4.98 Å². The van der Waals surface area contributed by atoms with Crippen LogP contribution in [0, 0.1) is 11.3 Å². The van der Waals surface area contributed by atoms with Crippen molar-refractivity contribution in [3.63, 3.8) is 0 Å². The molecule has 9 heteroatoms. The van der Waals surface area contributed by atoms with Crippen molar-refractivity contribution in [2.75, 3.05) is 38.4 Å². The lowest BCUT2D eigenvalue weighted by Gasteiger charge is -2.09. The molecule has 1 fully saturated rings. The fraction of sp³-hybridized carbons (Fsp3) is 0.300. The molecule has 29 heavy (non-hydrogen) atoms. The third-order valence-corrected chi connectivity index (χ3v) is 4.47. The first-order valence-corrected chi connectivity index (χ1v) is 10.0. The van der Waals surface area contributed by atoms with E-state index >= 15 is 0 Å². The normalized spacial score (nSPS) is 13.0. The SMILES string of the molecule is C1COCCO1.CCOc1ccc(-c2csc(Nc3ncccc3C#N)n2)nc1. The number of pyridine rings is 2. The summed E-state index contributed by atoms with van der Waals surface area (Å²) in [4.78, 5) is 13.0. The van der Waals surface area contributed by atoms with Crippen molar-refractivity contribution in [1.82, 2.24) is 15.0 Å². The molecule has 1 saturated heterocycles. The van der Waals surface area contributed by atoms with Gasteiger partial charge in [0.05, 0.1) is 50.5 Å². The number of hydrogen-bond acceptors (Lipinski definition) is 9. The lowest BCUT2D eigenvalue weighted by molar-refractivity contribution is -0.0334. The van der Waals surface area contributed by atoms with Gasteiger partial charge < -0.3 is 19.5 Å². The second-order valence-electron chi connectivity index (χ2n) is 5.71. The van der Waals surface area contributed by atoms with E-state index in [-0.39, 0.29) is 0 Å². The standard InChI is InChI=1S/C16H13N5OS.C4H8O2/c1-2-22-12-5-6-13(19-9-12)14-10-23-16(20-14)21-15-11(8-17)4-3-7-18-15;1-2-6-4-3-5-1/h3-7,9-10H,2H2,1H3,(H,18,20,21);1-4H2. The molecule has 0 bridgehead atoms. The Balaban J connectivity index is 0.000000343. The van der Waals surface area contributed by atoms with Crippen LogP contribution < -0.4 is 10.1 Å². The van der Waals surface area contributed by atoms with Crippen molar-refractivity contribution in [1.29, 1.82) is 5.26 Å². The highest BCUT2D eigenvalue weighted by atomic mass is 32.1. The molecule has 0 amide bonds. The lowest BCUT2D eigenvalue weighted by Crippen LogP contribution is -2.16. The Kier molecular flexibility index (Phi) is 7.89. The molecule has 0 atom stereocenters. The number of rotatable bonds is 5. The predicted octanol–water partition coefficient (Wildman–Crippen LogP) is 3.65. The summed E-state index contributed by atoms with van der Waals surface area (Å²) in [7, 11) is 0.